The molecule has 3 rings (SSSR count). The smallest absolute Gasteiger partial charge is 0.255 e. The molecule has 2 N–H and O–H groups in total. The maximum absolute atomic E-state index is 13.3. The Balaban J connectivity index is 1.72. The van der Waals surface area contributed by atoms with Crippen LogP contribution in [0.25, 0.3) is 0 Å². The standard InChI is InChI=1S/C21H19F2N3O/c1-12-8-13(2)20(14(3)9-12)26-19-7-5-16(11-24-19)25-21(27)15-4-6-17(22)18(23)10-15/h4-11H,1-3H3,(H,24,26)(H,25,27). The molecule has 1 heterocycles. The predicted octanol–water partition coefficient (Wildman–Crippen LogP) is 5.28. The minimum Gasteiger partial charge on any atom is -0.340 e. The normalized spacial score (nSPS) is 10.6. The first kappa shape index (κ1) is 18.5. The quantitative estimate of drug-likeness (QED) is 0.659. The van der Waals surface area contributed by atoms with Crippen LogP contribution < -0.4 is 10.6 Å². The van der Waals surface area contributed by atoms with Crippen LogP contribution in [0.4, 0.5) is 26.0 Å². The number of aryl methyl sites for hydroxylation is 3. The highest BCUT2D eigenvalue weighted by Gasteiger charge is 2.11. The van der Waals surface area contributed by atoms with Crippen molar-refractivity contribution in [3.63, 3.8) is 0 Å². The average Bonchev–Trinajstić information content (AvgIpc) is 2.61. The van der Waals surface area contributed by atoms with Crippen LogP contribution in [-0.2, 0) is 0 Å². The summed E-state index contributed by atoms with van der Waals surface area (Å²) in [5, 5.41) is 5.89. The molecule has 138 valence electrons. The molecular weight excluding hydrogens is 348 g/mol. The van der Waals surface area contributed by atoms with E-state index in [-0.39, 0.29) is 5.56 Å². The number of pyridine rings is 1. The Morgan fingerprint density at radius 1 is 0.926 bits per heavy atom. The number of carbonyl (C=O) groups is 1. The summed E-state index contributed by atoms with van der Waals surface area (Å²) < 4.78 is 26.2. The lowest BCUT2D eigenvalue weighted by atomic mass is 10.1. The fourth-order valence-corrected chi connectivity index (χ4v) is 2.89. The van der Waals surface area contributed by atoms with E-state index < -0.39 is 17.5 Å². The molecule has 0 aliphatic heterocycles. The van der Waals surface area contributed by atoms with Crippen LogP contribution in [-0.4, -0.2) is 10.9 Å². The van der Waals surface area contributed by atoms with Gasteiger partial charge in [0.25, 0.3) is 5.91 Å². The molecule has 1 amide bonds. The van der Waals surface area contributed by atoms with Crippen LogP contribution in [0.15, 0.2) is 48.7 Å². The van der Waals surface area contributed by atoms with Crippen LogP contribution in [0.1, 0.15) is 27.0 Å². The van der Waals surface area contributed by atoms with Gasteiger partial charge >= 0.3 is 0 Å². The number of amides is 1. The van der Waals surface area contributed by atoms with Crippen molar-refractivity contribution < 1.29 is 13.6 Å². The molecule has 2 aromatic carbocycles. The highest BCUT2D eigenvalue weighted by molar-refractivity contribution is 6.04. The molecule has 0 saturated heterocycles. The number of aromatic nitrogens is 1. The molecule has 27 heavy (non-hydrogen) atoms. The van der Waals surface area contributed by atoms with E-state index in [2.05, 4.69) is 27.8 Å². The molecule has 0 fully saturated rings. The van der Waals surface area contributed by atoms with Crippen LogP contribution >= 0.6 is 0 Å². The molecule has 0 aliphatic carbocycles. The average molecular weight is 367 g/mol. The van der Waals surface area contributed by atoms with E-state index in [4.69, 9.17) is 0 Å². The lowest BCUT2D eigenvalue weighted by Gasteiger charge is -2.13. The van der Waals surface area contributed by atoms with Crippen molar-refractivity contribution in [1.29, 1.82) is 0 Å². The molecule has 0 spiro atoms. The van der Waals surface area contributed by atoms with Gasteiger partial charge in [-0.15, -0.1) is 0 Å². The SMILES string of the molecule is Cc1cc(C)c(Nc2ccc(NC(=O)c3ccc(F)c(F)c3)cn2)c(C)c1. The van der Waals surface area contributed by atoms with Crippen molar-refractivity contribution in [1.82, 2.24) is 4.98 Å². The van der Waals surface area contributed by atoms with E-state index in [1.165, 1.54) is 17.8 Å². The van der Waals surface area contributed by atoms with E-state index in [0.29, 0.717) is 11.5 Å². The van der Waals surface area contributed by atoms with Gasteiger partial charge in [0.2, 0.25) is 0 Å². The van der Waals surface area contributed by atoms with E-state index >= 15 is 0 Å². The Labute approximate surface area is 156 Å². The van der Waals surface area contributed by atoms with E-state index in [0.717, 1.165) is 28.9 Å². The van der Waals surface area contributed by atoms with Crippen molar-refractivity contribution in [3.8, 4) is 0 Å². The summed E-state index contributed by atoms with van der Waals surface area (Å²) in [7, 11) is 0. The predicted molar refractivity (Wildman–Crippen MR) is 102 cm³/mol. The largest absolute Gasteiger partial charge is 0.340 e. The van der Waals surface area contributed by atoms with E-state index in [1.807, 2.05) is 20.8 Å². The molecule has 6 heteroatoms. The third-order valence-electron chi connectivity index (χ3n) is 4.13. The Morgan fingerprint density at radius 3 is 2.22 bits per heavy atom. The molecule has 0 unspecified atom stereocenters. The maximum Gasteiger partial charge on any atom is 0.255 e. The number of hydrogen-bond acceptors (Lipinski definition) is 3. The van der Waals surface area contributed by atoms with Crippen LogP contribution in [0.5, 0.6) is 0 Å². The van der Waals surface area contributed by atoms with Crippen LogP contribution in [0, 0.1) is 32.4 Å². The molecule has 3 aromatic rings. The highest BCUT2D eigenvalue weighted by Crippen LogP contribution is 2.25. The van der Waals surface area contributed by atoms with Gasteiger partial charge < -0.3 is 10.6 Å². The van der Waals surface area contributed by atoms with Gasteiger partial charge in [0.05, 0.1) is 11.9 Å². The molecule has 0 atom stereocenters. The summed E-state index contributed by atoms with van der Waals surface area (Å²) in [5.74, 6) is -1.97. The summed E-state index contributed by atoms with van der Waals surface area (Å²) in [4.78, 5) is 16.4. The fourth-order valence-electron chi connectivity index (χ4n) is 2.89. The van der Waals surface area contributed by atoms with E-state index in [1.54, 1.807) is 12.1 Å². The van der Waals surface area contributed by atoms with Gasteiger partial charge in [-0.2, -0.15) is 0 Å². The minimum atomic E-state index is -1.07. The first-order chi connectivity index (χ1) is 12.8. The number of halogens is 2. The lowest BCUT2D eigenvalue weighted by Crippen LogP contribution is -2.12. The number of benzene rings is 2. The molecule has 1 aromatic heterocycles. The molecular formula is C21H19F2N3O. The highest BCUT2D eigenvalue weighted by atomic mass is 19.2. The van der Waals surface area contributed by atoms with Crippen molar-refractivity contribution in [2.24, 2.45) is 0 Å². The third kappa shape index (κ3) is 4.28. The van der Waals surface area contributed by atoms with Gasteiger partial charge in [0.15, 0.2) is 11.6 Å². The molecule has 0 bridgehead atoms. The second kappa shape index (κ2) is 7.53. The summed E-state index contributed by atoms with van der Waals surface area (Å²) in [6.07, 6.45) is 1.50. The van der Waals surface area contributed by atoms with Gasteiger partial charge in [-0.25, -0.2) is 13.8 Å². The van der Waals surface area contributed by atoms with Gasteiger partial charge in [0.1, 0.15) is 5.82 Å². The first-order valence-electron chi connectivity index (χ1n) is 8.41. The second-order valence-corrected chi connectivity index (χ2v) is 6.41. The van der Waals surface area contributed by atoms with Gasteiger partial charge in [0, 0.05) is 11.3 Å². The van der Waals surface area contributed by atoms with Gasteiger partial charge in [-0.3, -0.25) is 4.79 Å². The third-order valence-corrected chi connectivity index (χ3v) is 4.13. The molecule has 0 radical (unpaired) electrons. The zero-order valence-corrected chi connectivity index (χ0v) is 15.2. The topological polar surface area (TPSA) is 54.0 Å². The minimum absolute atomic E-state index is 0.0296. The van der Waals surface area contributed by atoms with Crippen molar-refractivity contribution in [2.45, 2.75) is 20.8 Å². The van der Waals surface area contributed by atoms with Crippen LogP contribution in [0.3, 0.4) is 0 Å². The number of anilines is 3. The first-order valence-corrected chi connectivity index (χ1v) is 8.41. The second-order valence-electron chi connectivity index (χ2n) is 6.41. The lowest BCUT2D eigenvalue weighted by molar-refractivity contribution is 0.102. The van der Waals surface area contributed by atoms with Crippen molar-refractivity contribution >= 4 is 23.1 Å². The number of nitrogens with zero attached hydrogens (tertiary/aromatic N) is 1. The number of carbonyl (C=O) groups excluding carboxylic acids is 1. The monoisotopic (exact) mass is 367 g/mol. The number of hydrogen-bond donors (Lipinski definition) is 2. The fraction of sp³-hybridized carbons (Fsp3) is 0.143. The molecule has 0 saturated carbocycles. The van der Waals surface area contributed by atoms with Gasteiger partial charge in [-0.1, -0.05) is 17.7 Å². The zero-order valence-electron chi connectivity index (χ0n) is 15.2. The summed E-state index contributed by atoms with van der Waals surface area (Å²) >= 11 is 0. The number of rotatable bonds is 4. The summed E-state index contributed by atoms with van der Waals surface area (Å²) in [5.41, 5.74) is 4.90. The number of nitrogens with one attached hydrogen (secondary N) is 2. The maximum atomic E-state index is 13.3. The molecule has 4 nitrogen and oxygen atoms in total. The Morgan fingerprint density at radius 2 is 1.63 bits per heavy atom. The Hall–Kier alpha value is -3.28. The van der Waals surface area contributed by atoms with Crippen molar-refractivity contribution in [2.75, 3.05) is 10.6 Å². The van der Waals surface area contributed by atoms with E-state index in [9.17, 15) is 13.6 Å². The van der Waals surface area contributed by atoms with Gasteiger partial charge in [-0.05, 0) is 62.2 Å². The van der Waals surface area contributed by atoms with Crippen molar-refractivity contribution in [3.05, 3.63) is 82.5 Å². The Bertz CT molecular complexity index is 978. The summed E-state index contributed by atoms with van der Waals surface area (Å²) in [6.45, 7) is 6.10. The van der Waals surface area contributed by atoms with Crippen LogP contribution in [0.2, 0.25) is 0 Å². The zero-order chi connectivity index (χ0) is 19.6. The summed E-state index contributed by atoms with van der Waals surface area (Å²) in [6, 6.07) is 10.6. The Kier molecular flexibility index (Phi) is 5.16. The molecule has 0 aliphatic rings.